The summed E-state index contributed by atoms with van der Waals surface area (Å²) in [5.41, 5.74) is 3.56. The van der Waals surface area contributed by atoms with Gasteiger partial charge in [0.05, 0.1) is 19.4 Å². The molecule has 0 aliphatic heterocycles. The molecular formula is C20H25NO4S. The van der Waals surface area contributed by atoms with Crippen LogP contribution in [0.1, 0.15) is 30.5 Å². The lowest BCUT2D eigenvalue weighted by molar-refractivity contribution is 0.263. The standard InChI is InChI=1S/C20H25NO4S/c1-5-15-7-10-19(14(3)11-15)25-13-16-8-9-17(24-6-2)12-18(16)21(22)20(26)23-4/h7-12,22H,5-6,13H2,1-4H3. The van der Waals surface area contributed by atoms with Crippen LogP contribution in [0.2, 0.25) is 0 Å². The molecule has 0 heterocycles. The zero-order chi connectivity index (χ0) is 19.1. The molecule has 2 aromatic carbocycles. The molecular weight excluding hydrogens is 350 g/mol. The van der Waals surface area contributed by atoms with E-state index in [2.05, 4.69) is 19.1 Å². The number of aryl methyl sites for hydroxylation is 2. The van der Waals surface area contributed by atoms with Gasteiger partial charge < -0.3 is 14.2 Å². The Morgan fingerprint density at radius 1 is 1.12 bits per heavy atom. The van der Waals surface area contributed by atoms with E-state index in [4.69, 9.17) is 26.4 Å². The highest BCUT2D eigenvalue weighted by molar-refractivity contribution is 7.80. The molecule has 0 atom stereocenters. The molecule has 0 unspecified atom stereocenters. The maximum Gasteiger partial charge on any atom is 0.288 e. The predicted molar refractivity (Wildman–Crippen MR) is 106 cm³/mol. The van der Waals surface area contributed by atoms with Crippen molar-refractivity contribution in [3.8, 4) is 11.5 Å². The van der Waals surface area contributed by atoms with Gasteiger partial charge in [0.25, 0.3) is 5.17 Å². The van der Waals surface area contributed by atoms with Crippen LogP contribution in [0, 0.1) is 6.92 Å². The lowest BCUT2D eigenvalue weighted by atomic mass is 10.1. The van der Waals surface area contributed by atoms with Gasteiger partial charge in [0.1, 0.15) is 18.1 Å². The number of nitrogens with zero attached hydrogens (tertiary/aromatic N) is 1. The number of hydrogen-bond acceptors (Lipinski definition) is 5. The van der Waals surface area contributed by atoms with E-state index in [-0.39, 0.29) is 11.8 Å². The predicted octanol–water partition coefficient (Wildman–Crippen LogP) is 4.66. The van der Waals surface area contributed by atoms with Crippen molar-refractivity contribution in [1.29, 1.82) is 0 Å². The molecule has 0 aliphatic carbocycles. The van der Waals surface area contributed by atoms with Crippen LogP contribution < -0.4 is 14.5 Å². The topological polar surface area (TPSA) is 51.2 Å². The second kappa shape index (κ2) is 9.40. The Bertz CT molecular complexity index is 763. The molecule has 2 aromatic rings. The number of ether oxygens (including phenoxy) is 3. The van der Waals surface area contributed by atoms with Crippen LogP contribution in [0.5, 0.6) is 11.5 Å². The van der Waals surface area contributed by atoms with Crippen molar-refractivity contribution in [3.05, 3.63) is 53.1 Å². The van der Waals surface area contributed by atoms with Gasteiger partial charge in [-0.05, 0) is 61.8 Å². The first-order chi connectivity index (χ1) is 12.5. The van der Waals surface area contributed by atoms with E-state index in [0.29, 0.717) is 18.0 Å². The lowest BCUT2D eigenvalue weighted by Crippen LogP contribution is -2.27. The van der Waals surface area contributed by atoms with Crippen LogP contribution in [0.15, 0.2) is 36.4 Å². The SMILES string of the molecule is CCOc1ccc(COc2ccc(CC)cc2C)c(N(O)C(=S)OC)c1. The highest BCUT2D eigenvalue weighted by Crippen LogP contribution is 2.28. The van der Waals surface area contributed by atoms with Gasteiger partial charge in [-0.25, -0.2) is 0 Å². The molecule has 5 nitrogen and oxygen atoms in total. The van der Waals surface area contributed by atoms with Crippen molar-refractivity contribution >= 4 is 23.1 Å². The van der Waals surface area contributed by atoms with Crippen LogP contribution in [0.3, 0.4) is 0 Å². The molecule has 6 heteroatoms. The first kappa shape index (κ1) is 20.0. The molecule has 0 bridgehead atoms. The van der Waals surface area contributed by atoms with Gasteiger partial charge in [-0.1, -0.05) is 19.1 Å². The van der Waals surface area contributed by atoms with E-state index >= 15 is 0 Å². The number of hydrogen-bond donors (Lipinski definition) is 1. The summed E-state index contributed by atoms with van der Waals surface area (Å²) < 4.78 is 16.4. The lowest BCUT2D eigenvalue weighted by Gasteiger charge is -2.21. The fourth-order valence-corrected chi connectivity index (χ4v) is 2.65. The third kappa shape index (κ3) is 4.86. The normalized spacial score (nSPS) is 10.3. The molecule has 1 N–H and O–H groups in total. The second-order valence-corrected chi connectivity index (χ2v) is 6.10. The maximum absolute atomic E-state index is 10.3. The molecule has 0 amide bonds. The molecule has 0 radical (unpaired) electrons. The van der Waals surface area contributed by atoms with Crippen LogP contribution in [0.4, 0.5) is 5.69 Å². The number of hydroxylamine groups is 1. The largest absolute Gasteiger partial charge is 0.494 e. The summed E-state index contributed by atoms with van der Waals surface area (Å²) in [4.78, 5) is 0. The molecule has 0 fully saturated rings. The van der Waals surface area contributed by atoms with Crippen LogP contribution in [0.25, 0.3) is 0 Å². The molecule has 0 saturated carbocycles. The van der Waals surface area contributed by atoms with E-state index < -0.39 is 0 Å². The van der Waals surface area contributed by atoms with E-state index in [9.17, 15) is 5.21 Å². The van der Waals surface area contributed by atoms with Gasteiger partial charge in [0.2, 0.25) is 0 Å². The van der Waals surface area contributed by atoms with Crippen LogP contribution >= 0.6 is 12.2 Å². The zero-order valence-electron chi connectivity index (χ0n) is 15.6. The number of rotatable bonds is 7. The van der Waals surface area contributed by atoms with Crippen molar-refractivity contribution in [1.82, 2.24) is 0 Å². The Morgan fingerprint density at radius 2 is 1.88 bits per heavy atom. The van der Waals surface area contributed by atoms with E-state index in [0.717, 1.165) is 28.4 Å². The maximum atomic E-state index is 10.3. The number of anilines is 1. The quantitative estimate of drug-likeness (QED) is 0.561. The summed E-state index contributed by atoms with van der Waals surface area (Å²) in [7, 11) is 1.41. The summed E-state index contributed by atoms with van der Waals surface area (Å²) in [6.45, 7) is 6.84. The second-order valence-electron chi connectivity index (χ2n) is 5.75. The van der Waals surface area contributed by atoms with E-state index in [1.54, 1.807) is 6.07 Å². The average molecular weight is 375 g/mol. The van der Waals surface area contributed by atoms with Crippen molar-refractivity contribution in [2.45, 2.75) is 33.8 Å². The van der Waals surface area contributed by atoms with Gasteiger partial charge in [0, 0.05) is 11.6 Å². The smallest absolute Gasteiger partial charge is 0.288 e. The third-order valence-electron chi connectivity index (χ3n) is 3.97. The molecule has 26 heavy (non-hydrogen) atoms. The number of methoxy groups -OCH3 is 1. The van der Waals surface area contributed by atoms with Crippen LogP contribution in [-0.2, 0) is 17.8 Å². The highest BCUT2D eigenvalue weighted by Gasteiger charge is 2.16. The van der Waals surface area contributed by atoms with Gasteiger partial charge in [-0.15, -0.1) is 0 Å². The highest BCUT2D eigenvalue weighted by atomic mass is 32.1. The average Bonchev–Trinajstić information content (AvgIpc) is 2.66. The third-order valence-corrected chi connectivity index (χ3v) is 4.31. The molecule has 140 valence electrons. The first-order valence-electron chi connectivity index (χ1n) is 8.55. The Balaban J connectivity index is 2.26. The molecule has 0 aliphatic rings. The first-order valence-corrected chi connectivity index (χ1v) is 8.95. The fourth-order valence-electron chi connectivity index (χ4n) is 2.55. The van der Waals surface area contributed by atoms with Crippen molar-refractivity contribution in [2.24, 2.45) is 0 Å². The summed E-state index contributed by atoms with van der Waals surface area (Å²) in [6.07, 6.45) is 0.984. The summed E-state index contributed by atoms with van der Waals surface area (Å²) in [5, 5.41) is 11.1. The Kier molecular flexibility index (Phi) is 7.24. The van der Waals surface area contributed by atoms with Crippen molar-refractivity contribution < 1.29 is 19.4 Å². The minimum Gasteiger partial charge on any atom is -0.494 e. The number of benzene rings is 2. The minimum atomic E-state index is -0.0524. The molecule has 0 saturated heterocycles. The van der Waals surface area contributed by atoms with Crippen molar-refractivity contribution in [3.63, 3.8) is 0 Å². The summed E-state index contributed by atoms with van der Waals surface area (Å²) in [6, 6.07) is 11.5. The monoisotopic (exact) mass is 375 g/mol. The Morgan fingerprint density at radius 3 is 2.50 bits per heavy atom. The molecule has 0 spiro atoms. The molecule has 0 aromatic heterocycles. The zero-order valence-corrected chi connectivity index (χ0v) is 16.4. The minimum absolute atomic E-state index is 0.0524. The van der Waals surface area contributed by atoms with Gasteiger partial charge >= 0.3 is 0 Å². The van der Waals surface area contributed by atoms with E-state index in [1.807, 2.05) is 32.0 Å². The summed E-state index contributed by atoms with van der Waals surface area (Å²) in [5.74, 6) is 1.44. The van der Waals surface area contributed by atoms with Crippen LogP contribution in [-0.4, -0.2) is 24.1 Å². The van der Waals surface area contributed by atoms with E-state index in [1.165, 1.54) is 12.7 Å². The van der Waals surface area contributed by atoms with Crippen molar-refractivity contribution in [2.75, 3.05) is 18.8 Å². The Labute approximate surface area is 160 Å². The summed E-state index contributed by atoms with van der Waals surface area (Å²) >= 11 is 5.03. The van der Waals surface area contributed by atoms with Gasteiger partial charge in [-0.3, -0.25) is 5.21 Å². The fraction of sp³-hybridized carbons (Fsp3) is 0.350. The van der Waals surface area contributed by atoms with Gasteiger partial charge in [-0.2, -0.15) is 5.06 Å². The Hall–Kier alpha value is -2.31. The van der Waals surface area contributed by atoms with Gasteiger partial charge in [0.15, 0.2) is 0 Å². The molecule has 2 rings (SSSR count). The number of thiocarbonyl (C=S) groups is 1.